The number of hydrogen-bond acceptors (Lipinski definition) is 3. The molecule has 1 heterocycles. The molecule has 0 aliphatic carbocycles. The molecule has 1 atom stereocenters. The molecule has 74 valence electrons. The molecule has 0 radical (unpaired) electrons. The van der Waals surface area contributed by atoms with Gasteiger partial charge in [0.25, 0.3) is 0 Å². The number of hydrogen-bond donors (Lipinski definition) is 1. The molecule has 2 rings (SSSR count). The lowest BCUT2D eigenvalue weighted by Crippen LogP contribution is -1.89. The van der Waals surface area contributed by atoms with Gasteiger partial charge in [-0.15, -0.1) is 0 Å². The zero-order valence-electron chi connectivity index (χ0n) is 7.61. The van der Waals surface area contributed by atoms with Crippen LogP contribution in [0.5, 0.6) is 0 Å². The molecular weight excluding hydrogens is 200 g/mol. The van der Waals surface area contributed by atoms with Gasteiger partial charge in [-0.05, 0) is 23.2 Å². The third kappa shape index (κ3) is 1.44. The van der Waals surface area contributed by atoms with E-state index in [9.17, 15) is 8.76 Å². The maximum atomic E-state index is 10.9. The van der Waals surface area contributed by atoms with Crippen molar-refractivity contribution in [1.29, 1.82) is 0 Å². The maximum Gasteiger partial charge on any atom is 0.106 e. The van der Waals surface area contributed by atoms with Crippen molar-refractivity contribution in [3.05, 3.63) is 24.0 Å². The van der Waals surface area contributed by atoms with Gasteiger partial charge in [0, 0.05) is 6.42 Å². The highest BCUT2D eigenvalue weighted by atomic mass is 32.2. The standard InChI is InChI=1S/C9H10N2O2S/c1-2-8-10-6-4-3-5-7(14(12)13)9(6)11-8/h3-5H,2H2,1H3,(H,10,11)(H,12,13)/p-1. The molecule has 14 heavy (non-hydrogen) atoms. The molecule has 0 bridgehead atoms. The molecule has 0 saturated carbocycles. The van der Waals surface area contributed by atoms with E-state index in [0.717, 1.165) is 17.8 Å². The van der Waals surface area contributed by atoms with E-state index in [0.29, 0.717) is 5.52 Å². The first-order valence-corrected chi connectivity index (χ1v) is 5.36. The molecule has 0 spiro atoms. The van der Waals surface area contributed by atoms with Crippen LogP contribution in [0.3, 0.4) is 0 Å². The number of imidazole rings is 1. The van der Waals surface area contributed by atoms with Gasteiger partial charge in [-0.2, -0.15) is 0 Å². The van der Waals surface area contributed by atoms with E-state index in [-0.39, 0.29) is 4.90 Å². The Morgan fingerprint density at radius 3 is 3.00 bits per heavy atom. The number of nitrogens with one attached hydrogen (secondary N) is 1. The minimum absolute atomic E-state index is 0.249. The van der Waals surface area contributed by atoms with Gasteiger partial charge in [-0.1, -0.05) is 13.0 Å². The van der Waals surface area contributed by atoms with Crippen molar-refractivity contribution in [3.8, 4) is 0 Å². The average Bonchev–Trinajstić information content (AvgIpc) is 2.59. The van der Waals surface area contributed by atoms with E-state index < -0.39 is 11.1 Å². The average molecular weight is 209 g/mol. The second-order valence-electron chi connectivity index (χ2n) is 2.92. The zero-order valence-corrected chi connectivity index (χ0v) is 8.43. The Morgan fingerprint density at radius 2 is 2.36 bits per heavy atom. The van der Waals surface area contributed by atoms with Crippen LogP contribution >= 0.6 is 0 Å². The summed E-state index contributed by atoms with van der Waals surface area (Å²) in [6.07, 6.45) is 0.764. The third-order valence-electron chi connectivity index (χ3n) is 2.04. The van der Waals surface area contributed by atoms with Gasteiger partial charge in [-0.3, -0.25) is 4.21 Å². The number of aromatic amines is 1. The largest absolute Gasteiger partial charge is 0.768 e. The Kier molecular flexibility index (Phi) is 2.35. The van der Waals surface area contributed by atoms with Gasteiger partial charge in [-0.25, -0.2) is 4.98 Å². The number of rotatable bonds is 2. The first-order chi connectivity index (χ1) is 6.72. The van der Waals surface area contributed by atoms with Gasteiger partial charge >= 0.3 is 0 Å². The normalized spacial score (nSPS) is 13.3. The van der Waals surface area contributed by atoms with E-state index in [1.165, 1.54) is 0 Å². The number of nitrogens with zero attached hydrogens (tertiary/aromatic N) is 1. The summed E-state index contributed by atoms with van der Waals surface area (Å²) in [6, 6.07) is 5.06. The number of aromatic nitrogens is 2. The van der Waals surface area contributed by atoms with Crippen LogP contribution in [0.4, 0.5) is 0 Å². The fourth-order valence-corrected chi connectivity index (χ4v) is 1.86. The van der Waals surface area contributed by atoms with Crippen molar-refractivity contribution in [2.24, 2.45) is 0 Å². The Hall–Kier alpha value is -1.20. The second-order valence-corrected chi connectivity index (χ2v) is 3.83. The Morgan fingerprint density at radius 1 is 1.57 bits per heavy atom. The Bertz CT molecular complexity index is 493. The molecule has 0 saturated heterocycles. The summed E-state index contributed by atoms with van der Waals surface area (Å²) >= 11 is -2.22. The van der Waals surface area contributed by atoms with Crippen LogP contribution in [-0.4, -0.2) is 18.7 Å². The number of benzene rings is 1. The van der Waals surface area contributed by atoms with Crippen molar-refractivity contribution < 1.29 is 8.76 Å². The summed E-state index contributed by atoms with van der Waals surface area (Å²) in [7, 11) is 0. The van der Waals surface area contributed by atoms with Crippen molar-refractivity contribution in [2.75, 3.05) is 0 Å². The summed E-state index contributed by atoms with van der Waals surface area (Å²) in [5.41, 5.74) is 1.29. The summed E-state index contributed by atoms with van der Waals surface area (Å²) in [5, 5.41) is 0. The molecule has 5 heteroatoms. The molecule has 4 nitrogen and oxygen atoms in total. The van der Waals surface area contributed by atoms with Gasteiger partial charge in [0.05, 0.1) is 10.4 Å². The van der Waals surface area contributed by atoms with Crippen LogP contribution in [0.15, 0.2) is 23.1 Å². The van der Waals surface area contributed by atoms with Crippen molar-refractivity contribution in [2.45, 2.75) is 18.2 Å². The van der Waals surface area contributed by atoms with Gasteiger partial charge < -0.3 is 9.54 Å². The van der Waals surface area contributed by atoms with Crippen LogP contribution in [0.1, 0.15) is 12.7 Å². The zero-order chi connectivity index (χ0) is 10.1. The maximum absolute atomic E-state index is 10.9. The van der Waals surface area contributed by atoms with Crippen molar-refractivity contribution in [1.82, 2.24) is 9.97 Å². The van der Waals surface area contributed by atoms with Crippen LogP contribution in [0.25, 0.3) is 11.0 Å². The highest BCUT2D eigenvalue weighted by Gasteiger charge is 2.05. The number of H-pyrrole nitrogens is 1. The highest BCUT2D eigenvalue weighted by Crippen LogP contribution is 2.18. The van der Waals surface area contributed by atoms with E-state index in [2.05, 4.69) is 9.97 Å². The minimum atomic E-state index is -2.22. The third-order valence-corrected chi connectivity index (χ3v) is 2.73. The van der Waals surface area contributed by atoms with Gasteiger partial charge in [0.15, 0.2) is 0 Å². The van der Waals surface area contributed by atoms with Crippen LogP contribution < -0.4 is 0 Å². The quantitative estimate of drug-likeness (QED) is 0.759. The topological polar surface area (TPSA) is 68.8 Å². The second kappa shape index (κ2) is 3.51. The van der Waals surface area contributed by atoms with Crippen molar-refractivity contribution >= 4 is 22.1 Å². The lowest BCUT2D eigenvalue weighted by molar-refractivity contribution is 0.538. The molecule has 1 aromatic carbocycles. The highest BCUT2D eigenvalue weighted by molar-refractivity contribution is 7.79. The molecule has 1 N–H and O–H groups in total. The first kappa shape index (κ1) is 9.36. The van der Waals surface area contributed by atoms with E-state index in [1.54, 1.807) is 12.1 Å². The van der Waals surface area contributed by atoms with E-state index in [4.69, 9.17) is 0 Å². The number of fused-ring (bicyclic) bond motifs is 1. The molecule has 0 fully saturated rings. The molecule has 0 amide bonds. The summed E-state index contributed by atoms with van der Waals surface area (Å²) in [6.45, 7) is 1.96. The molecule has 1 aromatic heterocycles. The molecule has 2 aromatic rings. The minimum Gasteiger partial charge on any atom is -0.768 e. The monoisotopic (exact) mass is 209 g/mol. The molecule has 0 aliphatic rings. The van der Waals surface area contributed by atoms with Crippen LogP contribution in [0, 0.1) is 0 Å². The summed E-state index contributed by atoms with van der Waals surface area (Å²) < 4.78 is 21.7. The van der Waals surface area contributed by atoms with Gasteiger partial charge in [0.1, 0.15) is 11.3 Å². The summed E-state index contributed by atoms with van der Waals surface area (Å²) in [4.78, 5) is 7.51. The molecular formula is C9H9N2O2S-. The lowest BCUT2D eigenvalue weighted by atomic mass is 10.3. The Labute approximate surface area is 83.6 Å². The first-order valence-electron chi connectivity index (χ1n) is 4.29. The predicted octanol–water partition coefficient (Wildman–Crippen LogP) is 1.36. The van der Waals surface area contributed by atoms with Crippen LogP contribution in [-0.2, 0) is 17.5 Å². The van der Waals surface area contributed by atoms with E-state index in [1.807, 2.05) is 13.0 Å². The van der Waals surface area contributed by atoms with Gasteiger partial charge in [0.2, 0.25) is 0 Å². The fourth-order valence-electron chi connectivity index (χ4n) is 1.36. The molecule has 0 aliphatic heterocycles. The smallest absolute Gasteiger partial charge is 0.106 e. The van der Waals surface area contributed by atoms with Crippen molar-refractivity contribution in [3.63, 3.8) is 0 Å². The lowest BCUT2D eigenvalue weighted by Gasteiger charge is -2.04. The van der Waals surface area contributed by atoms with Crippen LogP contribution in [0.2, 0.25) is 0 Å². The molecule has 1 unspecified atom stereocenters. The summed E-state index contributed by atoms with van der Waals surface area (Å²) in [5.74, 6) is 0.804. The Balaban J connectivity index is 2.73. The van der Waals surface area contributed by atoms with E-state index >= 15 is 0 Å². The number of aryl methyl sites for hydroxylation is 1. The fraction of sp³-hybridized carbons (Fsp3) is 0.222. The number of para-hydroxylation sites is 1. The SMILES string of the molecule is CCc1nc2c(S(=O)[O-])cccc2[nH]1. The predicted molar refractivity (Wildman–Crippen MR) is 52.7 cm³/mol.